The molecule has 1 aromatic rings. The molecule has 2 unspecified atom stereocenters. The van der Waals surface area contributed by atoms with Gasteiger partial charge in [0, 0.05) is 12.6 Å². The fourth-order valence-corrected chi connectivity index (χ4v) is 2.93. The minimum Gasteiger partial charge on any atom is -0.387 e. The van der Waals surface area contributed by atoms with Crippen LogP contribution in [0.3, 0.4) is 0 Å². The maximum Gasteiger partial charge on any atom is 0.123 e. The van der Waals surface area contributed by atoms with Crippen molar-refractivity contribution in [2.24, 2.45) is 5.41 Å². The maximum atomic E-state index is 12.8. The van der Waals surface area contributed by atoms with Crippen LogP contribution in [-0.2, 0) is 0 Å². The third kappa shape index (κ3) is 3.77. The first kappa shape index (κ1) is 14.5. The minimum absolute atomic E-state index is 0.266. The van der Waals surface area contributed by atoms with Crippen molar-refractivity contribution in [1.82, 2.24) is 5.32 Å². The van der Waals surface area contributed by atoms with Crippen LogP contribution in [-0.4, -0.2) is 17.7 Å². The van der Waals surface area contributed by atoms with Crippen molar-refractivity contribution in [2.75, 3.05) is 6.54 Å². The number of rotatable bonds is 4. The molecule has 1 aliphatic rings. The highest BCUT2D eigenvalue weighted by atomic mass is 19.1. The van der Waals surface area contributed by atoms with E-state index < -0.39 is 6.10 Å². The molecule has 2 atom stereocenters. The van der Waals surface area contributed by atoms with Gasteiger partial charge in [0.2, 0.25) is 0 Å². The van der Waals surface area contributed by atoms with E-state index in [9.17, 15) is 9.50 Å². The minimum atomic E-state index is -0.571. The molecule has 1 aliphatic carbocycles. The van der Waals surface area contributed by atoms with Crippen LogP contribution in [0.5, 0.6) is 0 Å². The quantitative estimate of drug-likeness (QED) is 0.874. The molecule has 0 aromatic heterocycles. The second-order valence-corrected chi connectivity index (χ2v) is 6.26. The summed E-state index contributed by atoms with van der Waals surface area (Å²) in [6.45, 7) is 5.10. The molecule has 0 amide bonds. The number of hydrogen-bond acceptors (Lipinski definition) is 2. The van der Waals surface area contributed by atoms with Crippen molar-refractivity contribution in [2.45, 2.75) is 51.7 Å². The second kappa shape index (κ2) is 6.02. The lowest BCUT2D eigenvalue weighted by molar-refractivity contribution is 0.127. The fraction of sp³-hybridized carbons (Fsp3) is 0.625. The summed E-state index contributed by atoms with van der Waals surface area (Å²) >= 11 is 0. The summed E-state index contributed by atoms with van der Waals surface area (Å²) in [6.07, 6.45) is 4.39. The monoisotopic (exact) mass is 265 g/mol. The lowest BCUT2D eigenvalue weighted by atomic mass is 9.73. The summed E-state index contributed by atoms with van der Waals surface area (Å²) in [5.74, 6) is -0.266. The van der Waals surface area contributed by atoms with Gasteiger partial charge in [0.25, 0.3) is 0 Å². The van der Waals surface area contributed by atoms with E-state index in [2.05, 4.69) is 19.2 Å². The zero-order valence-electron chi connectivity index (χ0n) is 11.8. The predicted octanol–water partition coefficient (Wildman–Crippen LogP) is 3.42. The molecule has 1 fully saturated rings. The molecule has 0 spiro atoms. The van der Waals surface area contributed by atoms with Gasteiger partial charge in [-0.3, -0.25) is 0 Å². The predicted molar refractivity (Wildman–Crippen MR) is 75.4 cm³/mol. The second-order valence-electron chi connectivity index (χ2n) is 6.26. The van der Waals surface area contributed by atoms with E-state index in [1.807, 2.05) is 0 Å². The van der Waals surface area contributed by atoms with Crippen LogP contribution in [0, 0.1) is 11.2 Å². The molecule has 1 saturated carbocycles. The first-order valence-electron chi connectivity index (χ1n) is 7.16. The molecule has 0 heterocycles. The van der Waals surface area contributed by atoms with Crippen LogP contribution in [0.1, 0.15) is 51.2 Å². The van der Waals surface area contributed by atoms with E-state index in [0.29, 0.717) is 18.0 Å². The van der Waals surface area contributed by atoms with Gasteiger partial charge in [0.15, 0.2) is 0 Å². The Kier molecular flexibility index (Phi) is 4.58. The van der Waals surface area contributed by atoms with Gasteiger partial charge in [0.1, 0.15) is 5.82 Å². The summed E-state index contributed by atoms with van der Waals surface area (Å²) in [5, 5.41) is 13.6. The molecule has 1 aromatic carbocycles. The standard InChI is InChI=1S/C16H24FNO/c1-16(2)10-4-3-5-15(16)18-11-14(19)12-6-8-13(17)9-7-12/h6-9,14-15,18-19H,3-5,10-11H2,1-2H3. The number of hydrogen-bond donors (Lipinski definition) is 2. The number of halogens is 1. The third-order valence-electron chi connectivity index (χ3n) is 4.32. The summed E-state index contributed by atoms with van der Waals surface area (Å²) < 4.78 is 12.8. The van der Waals surface area contributed by atoms with Gasteiger partial charge in [-0.25, -0.2) is 4.39 Å². The first-order chi connectivity index (χ1) is 8.99. The lowest BCUT2D eigenvalue weighted by Gasteiger charge is -2.39. The number of aliphatic hydroxyl groups excluding tert-OH is 1. The van der Waals surface area contributed by atoms with Gasteiger partial charge < -0.3 is 10.4 Å². The van der Waals surface area contributed by atoms with E-state index in [1.54, 1.807) is 12.1 Å². The van der Waals surface area contributed by atoms with Crippen LogP contribution < -0.4 is 5.32 Å². The highest BCUT2D eigenvalue weighted by Crippen LogP contribution is 2.35. The van der Waals surface area contributed by atoms with E-state index >= 15 is 0 Å². The van der Waals surface area contributed by atoms with Crippen LogP contribution >= 0.6 is 0 Å². The average Bonchev–Trinajstić information content (AvgIpc) is 2.37. The van der Waals surface area contributed by atoms with Crippen LogP contribution in [0.15, 0.2) is 24.3 Å². The molecular formula is C16H24FNO. The summed E-state index contributed by atoms with van der Waals surface area (Å²) in [5.41, 5.74) is 1.06. The number of nitrogens with one attached hydrogen (secondary N) is 1. The summed E-state index contributed by atoms with van der Waals surface area (Å²) in [4.78, 5) is 0. The summed E-state index contributed by atoms with van der Waals surface area (Å²) in [7, 11) is 0. The van der Waals surface area contributed by atoms with Crippen molar-refractivity contribution in [3.8, 4) is 0 Å². The van der Waals surface area contributed by atoms with Crippen molar-refractivity contribution >= 4 is 0 Å². The molecule has 0 bridgehead atoms. The molecule has 0 aliphatic heterocycles. The topological polar surface area (TPSA) is 32.3 Å². The number of aliphatic hydroxyl groups is 1. The van der Waals surface area contributed by atoms with E-state index in [-0.39, 0.29) is 5.82 Å². The molecule has 2 nitrogen and oxygen atoms in total. The molecule has 3 heteroatoms. The Morgan fingerprint density at radius 3 is 2.63 bits per heavy atom. The van der Waals surface area contributed by atoms with Crippen molar-refractivity contribution in [1.29, 1.82) is 0 Å². The Labute approximate surface area is 115 Å². The average molecular weight is 265 g/mol. The van der Waals surface area contributed by atoms with Crippen LogP contribution in [0.4, 0.5) is 4.39 Å². The molecule has 2 N–H and O–H groups in total. The van der Waals surface area contributed by atoms with E-state index in [1.165, 1.54) is 37.8 Å². The first-order valence-corrected chi connectivity index (χ1v) is 7.16. The molecule has 19 heavy (non-hydrogen) atoms. The highest BCUT2D eigenvalue weighted by Gasteiger charge is 2.31. The largest absolute Gasteiger partial charge is 0.387 e. The van der Waals surface area contributed by atoms with Crippen LogP contribution in [0.2, 0.25) is 0 Å². The Morgan fingerprint density at radius 1 is 1.32 bits per heavy atom. The van der Waals surface area contributed by atoms with Crippen molar-refractivity contribution in [3.05, 3.63) is 35.6 Å². The van der Waals surface area contributed by atoms with Crippen molar-refractivity contribution in [3.63, 3.8) is 0 Å². The molecule has 106 valence electrons. The molecule has 0 saturated heterocycles. The van der Waals surface area contributed by atoms with Gasteiger partial charge in [-0.15, -0.1) is 0 Å². The van der Waals surface area contributed by atoms with Gasteiger partial charge in [-0.05, 0) is 36.0 Å². The Hall–Kier alpha value is -0.930. The lowest BCUT2D eigenvalue weighted by Crippen LogP contribution is -2.45. The maximum absolute atomic E-state index is 12.8. The SMILES string of the molecule is CC1(C)CCCCC1NCC(O)c1ccc(F)cc1. The Bertz CT molecular complexity index is 402. The fourth-order valence-electron chi connectivity index (χ4n) is 2.93. The molecule has 2 rings (SSSR count). The molecule has 0 radical (unpaired) electrons. The van der Waals surface area contributed by atoms with Gasteiger partial charge in [-0.2, -0.15) is 0 Å². The Morgan fingerprint density at radius 2 is 2.00 bits per heavy atom. The third-order valence-corrected chi connectivity index (χ3v) is 4.32. The normalized spacial score (nSPS) is 24.1. The van der Waals surface area contributed by atoms with Gasteiger partial charge >= 0.3 is 0 Å². The zero-order valence-corrected chi connectivity index (χ0v) is 11.8. The van der Waals surface area contributed by atoms with E-state index in [0.717, 1.165) is 5.56 Å². The zero-order chi connectivity index (χ0) is 13.9. The summed E-state index contributed by atoms with van der Waals surface area (Å²) in [6, 6.07) is 6.53. The smallest absolute Gasteiger partial charge is 0.123 e. The van der Waals surface area contributed by atoms with Gasteiger partial charge in [0.05, 0.1) is 6.10 Å². The van der Waals surface area contributed by atoms with Crippen molar-refractivity contribution < 1.29 is 9.50 Å². The highest BCUT2D eigenvalue weighted by molar-refractivity contribution is 5.18. The van der Waals surface area contributed by atoms with Gasteiger partial charge in [-0.1, -0.05) is 38.8 Å². The molecular weight excluding hydrogens is 241 g/mol. The number of benzene rings is 1. The van der Waals surface area contributed by atoms with E-state index in [4.69, 9.17) is 0 Å². The van der Waals surface area contributed by atoms with Crippen LogP contribution in [0.25, 0.3) is 0 Å². The Balaban J connectivity index is 1.89.